The molecule has 0 saturated heterocycles. The quantitative estimate of drug-likeness (QED) is 0.869. The van der Waals surface area contributed by atoms with Gasteiger partial charge in [-0.2, -0.15) is 0 Å². The summed E-state index contributed by atoms with van der Waals surface area (Å²) in [6.07, 6.45) is 3.21. The maximum atomic E-state index is 12.0. The summed E-state index contributed by atoms with van der Waals surface area (Å²) in [7, 11) is 0. The van der Waals surface area contributed by atoms with Crippen LogP contribution in [0.15, 0.2) is 29.7 Å². The molecule has 0 aliphatic carbocycles. The van der Waals surface area contributed by atoms with Gasteiger partial charge in [0.15, 0.2) is 16.6 Å². The van der Waals surface area contributed by atoms with Crippen molar-refractivity contribution in [3.63, 3.8) is 0 Å². The minimum atomic E-state index is -0.211. The molecule has 1 N–H and O–H groups in total. The molecule has 0 fully saturated rings. The fourth-order valence-corrected chi connectivity index (χ4v) is 2.95. The fourth-order valence-electron chi connectivity index (χ4n) is 2.01. The maximum absolute atomic E-state index is 12.0. The Balaban J connectivity index is 1.64. The molecule has 1 aromatic heterocycles. The van der Waals surface area contributed by atoms with Gasteiger partial charge in [0.2, 0.25) is 12.7 Å². The van der Waals surface area contributed by atoms with E-state index in [0.29, 0.717) is 10.9 Å². The van der Waals surface area contributed by atoms with E-state index in [2.05, 4.69) is 31.1 Å². The van der Waals surface area contributed by atoms with Crippen LogP contribution in [-0.2, 0) is 10.2 Å². The summed E-state index contributed by atoms with van der Waals surface area (Å²) in [5.74, 6) is 1.21. The Hall–Kier alpha value is -2.34. The molecule has 6 heteroatoms. The molecule has 5 nitrogen and oxygen atoms in total. The molecule has 2 aromatic rings. The molecule has 0 bridgehead atoms. The van der Waals surface area contributed by atoms with E-state index in [1.165, 1.54) is 17.4 Å². The zero-order valence-corrected chi connectivity index (χ0v) is 14.1. The van der Waals surface area contributed by atoms with Gasteiger partial charge in [0.25, 0.3) is 0 Å². The van der Waals surface area contributed by atoms with Crippen LogP contribution >= 0.6 is 11.3 Å². The predicted octanol–water partition coefficient (Wildman–Crippen LogP) is 3.82. The second kappa shape index (κ2) is 6.04. The molecule has 2 heterocycles. The van der Waals surface area contributed by atoms with Crippen LogP contribution in [0, 0.1) is 0 Å². The van der Waals surface area contributed by atoms with Gasteiger partial charge in [0, 0.05) is 16.9 Å². The predicted molar refractivity (Wildman–Crippen MR) is 91.0 cm³/mol. The lowest BCUT2D eigenvalue weighted by atomic mass is 9.93. The second-order valence-corrected chi connectivity index (χ2v) is 7.08. The van der Waals surface area contributed by atoms with Crippen LogP contribution in [0.1, 0.15) is 32.0 Å². The molecule has 0 unspecified atom stereocenters. The lowest BCUT2D eigenvalue weighted by molar-refractivity contribution is -0.111. The Labute approximate surface area is 139 Å². The second-order valence-electron chi connectivity index (χ2n) is 6.22. The number of anilines is 1. The number of hydrogen-bond acceptors (Lipinski definition) is 5. The number of thiazole rings is 1. The highest BCUT2D eigenvalue weighted by Gasteiger charge is 2.17. The minimum absolute atomic E-state index is 0.0260. The normalized spacial score (nSPS) is 13.5. The van der Waals surface area contributed by atoms with Gasteiger partial charge >= 0.3 is 0 Å². The first-order valence-electron chi connectivity index (χ1n) is 7.26. The number of amides is 1. The van der Waals surface area contributed by atoms with Crippen molar-refractivity contribution in [1.82, 2.24) is 4.98 Å². The first-order chi connectivity index (χ1) is 10.9. The zero-order chi connectivity index (χ0) is 16.4. The average molecular weight is 330 g/mol. The first-order valence-corrected chi connectivity index (χ1v) is 8.14. The van der Waals surface area contributed by atoms with Gasteiger partial charge in [-0.3, -0.25) is 10.1 Å². The standard InChI is InChI=1S/C17H18N2O3S/c1-17(2,3)14-9-23-16(18-14)19-15(20)7-5-11-4-6-12-13(8-11)22-10-21-12/h4-9H,10H2,1-3H3,(H,18,19,20). The summed E-state index contributed by atoms with van der Waals surface area (Å²) < 4.78 is 10.6. The van der Waals surface area contributed by atoms with Crippen molar-refractivity contribution in [3.8, 4) is 11.5 Å². The van der Waals surface area contributed by atoms with Crippen LogP contribution in [0.5, 0.6) is 11.5 Å². The molecular weight excluding hydrogens is 312 g/mol. The summed E-state index contributed by atoms with van der Waals surface area (Å²) in [5, 5.41) is 5.36. The number of carbonyl (C=O) groups excluding carboxylic acids is 1. The molecule has 0 atom stereocenters. The summed E-state index contributed by atoms with van der Waals surface area (Å²) in [5.41, 5.74) is 1.82. The third kappa shape index (κ3) is 3.71. The Morgan fingerprint density at radius 2 is 2.09 bits per heavy atom. The van der Waals surface area contributed by atoms with Crippen LogP contribution in [0.3, 0.4) is 0 Å². The van der Waals surface area contributed by atoms with E-state index in [-0.39, 0.29) is 18.1 Å². The van der Waals surface area contributed by atoms with E-state index >= 15 is 0 Å². The van der Waals surface area contributed by atoms with Crippen molar-refractivity contribution in [2.75, 3.05) is 12.1 Å². The topological polar surface area (TPSA) is 60.5 Å². The largest absolute Gasteiger partial charge is 0.454 e. The van der Waals surface area contributed by atoms with E-state index in [9.17, 15) is 4.79 Å². The van der Waals surface area contributed by atoms with Crippen LogP contribution in [-0.4, -0.2) is 17.7 Å². The van der Waals surface area contributed by atoms with Crippen molar-refractivity contribution in [1.29, 1.82) is 0 Å². The SMILES string of the molecule is CC(C)(C)c1csc(NC(=O)C=Cc2ccc3c(c2)OCO3)n1. The van der Waals surface area contributed by atoms with Gasteiger partial charge in [-0.1, -0.05) is 26.8 Å². The number of rotatable bonds is 3. The minimum Gasteiger partial charge on any atom is -0.454 e. The number of aromatic nitrogens is 1. The number of nitrogens with zero attached hydrogens (tertiary/aromatic N) is 1. The first kappa shape index (κ1) is 15.6. The maximum Gasteiger partial charge on any atom is 0.250 e. The Morgan fingerprint density at radius 3 is 2.83 bits per heavy atom. The molecule has 0 saturated carbocycles. The highest BCUT2D eigenvalue weighted by Crippen LogP contribution is 2.32. The number of benzene rings is 1. The highest BCUT2D eigenvalue weighted by molar-refractivity contribution is 7.14. The Bertz CT molecular complexity index is 759. The van der Waals surface area contributed by atoms with Crippen molar-refractivity contribution in [2.45, 2.75) is 26.2 Å². The monoisotopic (exact) mass is 330 g/mol. The van der Waals surface area contributed by atoms with E-state index in [1.54, 1.807) is 6.08 Å². The van der Waals surface area contributed by atoms with Gasteiger partial charge in [0.05, 0.1) is 5.69 Å². The van der Waals surface area contributed by atoms with Gasteiger partial charge in [-0.25, -0.2) is 4.98 Å². The summed E-state index contributed by atoms with van der Waals surface area (Å²) in [6.45, 7) is 6.51. The van der Waals surface area contributed by atoms with Gasteiger partial charge in [-0.15, -0.1) is 11.3 Å². The van der Waals surface area contributed by atoms with E-state index in [1.807, 2.05) is 23.6 Å². The molecule has 23 heavy (non-hydrogen) atoms. The van der Waals surface area contributed by atoms with Crippen molar-refractivity contribution in [3.05, 3.63) is 40.9 Å². The Kier molecular flexibility index (Phi) is 4.09. The van der Waals surface area contributed by atoms with Gasteiger partial charge in [0.1, 0.15) is 0 Å². The van der Waals surface area contributed by atoms with Crippen molar-refractivity contribution < 1.29 is 14.3 Å². The smallest absolute Gasteiger partial charge is 0.250 e. The van der Waals surface area contributed by atoms with Crippen LogP contribution in [0.2, 0.25) is 0 Å². The molecule has 1 aromatic carbocycles. The number of hydrogen-bond donors (Lipinski definition) is 1. The van der Waals surface area contributed by atoms with E-state index in [0.717, 1.165) is 17.0 Å². The van der Waals surface area contributed by atoms with E-state index in [4.69, 9.17) is 9.47 Å². The van der Waals surface area contributed by atoms with Crippen LogP contribution in [0.4, 0.5) is 5.13 Å². The number of fused-ring (bicyclic) bond motifs is 1. The molecule has 1 aliphatic rings. The molecule has 1 amide bonds. The highest BCUT2D eigenvalue weighted by atomic mass is 32.1. The zero-order valence-electron chi connectivity index (χ0n) is 13.3. The molecule has 0 spiro atoms. The number of carbonyl (C=O) groups is 1. The van der Waals surface area contributed by atoms with Gasteiger partial charge < -0.3 is 9.47 Å². The fraction of sp³-hybridized carbons (Fsp3) is 0.294. The molecular formula is C17H18N2O3S. The van der Waals surface area contributed by atoms with E-state index < -0.39 is 0 Å². The van der Waals surface area contributed by atoms with Gasteiger partial charge in [-0.05, 0) is 23.8 Å². The molecule has 120 valence electrons. The lowest BCUT2D eigenvalue weighted by Crippen LogP contribution is -2.12. The molecule has 0 radical (unpaired) electrons. The average Bonchev–Trinajstić information content (AvgIpc) is 3.12. The summed E-state index contributed by atoms with van der Waals surface area (Å²) in [6, 6.07) is 5.54. The Morgan fingerprint density at radius 1 is 1.30 bits per heavy atom. The van der Waals surface area contributed by atoms with Crippen molar-refractivity contribution >= 4 is 28.5 Å². The molecule has 3 rings (SSSR count). The number of nitrogens with one attached hydrogen (secondary N) is 1. The van der Waals surface area contributed by atoms with Crippen LogP contribution in [0.25, 0.3) is 6.08 Å². The third-order valence-electron chi connectivity index (χ3n) is 3.33. The summed E-state index contributed by atoms with van der Waals surface area (Å²) in [4.78, 5) is 16.4. The summed E-state index contributed by atoms with van der Waals surface area (Å²) >= 11 is 1.43. The lowest BCUT2D eigenvalue weighted by Gasteiger charge is -2.14. The number of ether oxygens (including phenoxy) is 2. The van der Waals surface area contributed by atoms with Crippen molar-refractivity contribution in [2.24, 2.45) is 0 Å². The van der Waals surface area contributed by atoms with Crippen LogP contribution < -0.4 is 14.8 Å². The third-order valence-corrected chi connectivity index (χ3v) is 4.08. The molecule has 1 aliphatic heterocycles.